The first-order valence-corrected chi connectivity index (χ1v) is 9.95. The first kappa shape index (κ1) is 19.8. The highest BCUT2D eigenvalue weighted by atomic mass is 79.9. The number of rotatable bonds is 7. The van der Waals surface area contributed by atoms with E-state index in [2.05, 4.69) is 21.0 Å². The number of carboxylic acid groups (broad SMARTS) is 1. The highest BCUT2D eigenvalue weighted by molar-refractivity contribution is 9.10. The number of aromatic nitrogens is 2. The molecule has 1 fully saturated rings. The van der Waals surface area contributed by atoms with Crippen LogP contribution in [0.4, 0.5) is 0 Å². The zero-order valence-corrected chi connectivity index (χ0v) is 16.6. The van der Waals surface area contributed by atoms with Crippen molar-refractivity contribution in [1.29, 1.82) is 0 Å². The topological polar surface area (TPSA) is 81.4 Å². The molecule has 144 valence electrons. The van der Waals surface area contributed by atoms with E-state index >= 15 is 0 Å². The van der Waals surface area contributed by atoms with E-state index in [1.807, 2.05) is 30.3 Å². The van der Waals surface area contributed by atoms with Crippen LogP contribution < -0.4 is 5.56 Å². The van der Waals surface area contributed by atoms with Gasteiger partial charge in [-0.2, -0.15) is 5.10 Å². The molecular weight excluding hydrogens is 412 g/mol. The van der Waals surface area contributed by atoms with Gasteiger partial charge in [0, 0.05) is 18.2 Å². The quantitative estimate of drug-likeness (QED) is 0.719. The van der Waals surface area contributed by atoms with Gasteiger partial charge < -0.3 is 9.84 Å². The number of ether oxygens (including phenoxy) is 1. The van der Waals surface area contributed by atoms with Crippen molar-refractivity contribution in [1.82, 2.24) is 9.78 Å². The van der Waals surface area contributed by atoms with Gasteiger partial charge in [-0.25, -0.2) is 9.48 Å². The van der Waals surface area contributed by atoms with Crippen LogP contribution in [0, 0.1) is 11.8 Å². The number of hydrogen-bond acceptors (Lipinski definition) is 4. The SMILES string of the molecule is O=C(O)COCC1CCC(Cn2nc(-c3ccccc3)c(Br)cc2=O)CC1. The van der Waals surface area contributed by atoms with E-state index in [-0.39, 0.29) is 12.2 Å². The summed E-state index contributed by atoms with van der Waals surface area (Å²) < 4.78 is 7.48. The summed E-state index contributed by atoms with van der Waals surface area (Å²) >= 11 is 3.45. The van der Waals surface area contributed by atoms with E-state index in [0.29, 0.717) is 29.5 Å². The Morgan fingerprint density at radius 3 is 2.52 bits per heavy atom. The standard InChI is InChI=1S/C20H23BrN2O4/c21-17-10-18(24)23(22-20(17)16-4-2-1-3-5-16)11-14-6-8-15(9-7-14)12-27-13-19(25)26/h1-5,10,14-15H,6-9,11-13H2,(H,25,26). The lowest BCUT2D eigenvalue weighted by atomic mass is 9.82. The summed E-state index contributed by atoms with van der Waals surface area (Å²) in [5.41, 5.74) is 1.64. The first-order chi connectivity index (χ1) is 13.0. The molecule has 0 radical (unpaired) electrons. The number of benzene rings is 1. The van der Waals surface area contributed by atoms with Crippen LogP contribution in [0.2, 0.25) is 0 Å². The summed E-state index contributed by atoms with van der Waals surface area (Å²) in [6.07, 6.45) is 3.96. The predicted molar refractivity (Wildman–Crippen MR) is 106 cm³/mol. The van der Waals surface area contributed by atoms with Crippen LogP contribution in [0.15, 0.2) is 45.7 Å². The fraction of sp³-hybridized carbons (Fsp3) is 0.450. The van der Waals surface area contributed by atoms with Crippen LogP contribution in [-0.2, 0) is 16.1 Å². The summed E-state index contributed by atoms with van der Waals surface area (Å²) in [7, 11) is 0. The predicted octanol–water partition coefficient (Wildman–Crippen LogP) is 3.58. The minimum atomic E-state index is -0.932. The first-order valence-electron chi connectivity index (χ1n) is 9.15. The molecule has 1 aliphatic rings. The monoisotopic (exact) mass is 434 g/mol. The van der Waals surface area contributed by atoms with Crippen molar-refractivity contribution in [3.05, 3.63) is 51.2 Å². The van der Waals surface area contributed by atoms with Crippen molar-refractivity contribution < 1.29 is 14.6 Å². The van der Waals surface area contributed by atoms with E-state index in [1.54, 1.807) is 10.7 Å². The zero-order chi connectivity index (χ0) is 19.2. The van der Waals surface area contributed by atoms with Gasteiger partial charge in [-0.05, 0) is 53.4 Å². The number of aliphatic carboxylic acids is 1. The third-order valence-corrected chi connectivity index (χ3v) is 5.58. The van der Waals surface area contributed by atoms with E-state index in [0.717, 1.165) is 36.9 Å². The maximum absolute atomic E-state index is 12.4. The Morgan fingerprint density at radius 2 is 1.85 bits per heavy atom. The molecule has 27 heavy (non-hydrogen) atoms. The Morgan fingerprint density at radius 1 is 1.19 bits per heavy atom. The Kier molecular flexibility index (Phi) is 6.79. The number of carbonyl (C=O) groups is 1. The third kappa shape index (κ3) is 5.49. The molecule has 1 aliphatic carbocycles. The minimum Gasteiger partial charge on any atom is -0.480 e. The van der Waals surface area contributed by atoms with E-state index in [1.165, 1.54) is 0 Å². The van der Waals surface area contributed by atoms with Gasteiger partial charge in [0.2, 0.25) is 0 Å². The van der Waals surface area contributed by atoms with Gasteiger partial charge in [0.25, 0.3) is 5.56 Å². The molecule has 0 bridgehead atoms. The van der Waals surface area contributed by atoms with Gasteiger partial charge in [0.15, 0.2) is 0 Å². The second-order valence-corrected chi connectivity index (χ2v) is 7.88. The molecule has 0 saturated heterocycles. The summed E-state index contributed by atoms with van der Waals surface area (Å²) in [6, 6.07) is 11.4. The van der Waals surface area contributed by atoms with E-state index < -0.39 is 5.97 Å². The fourth-order valence-corrected chi connectivity index (χ4v) is 4.03. The Hall–Kier alpha value is -1.99. The molecule has 0 atom stereocenters. The maximum atomic E-state index is 12.4. The number of carboxylic acids is 1. The van der Waals surface area contributed by atoms with Crippen LogP contribution in [0.5, 0.6) is 0 Å². The van der Waals surface area contributed by atoms with Gasteiger partial charge in [-0.3, -0.25) is 4.79 Å². The highest BCUT2D eigenvalue weighted by Crippen LogP contribution is 2.30. The Bertz CT molecular complexity index is 830. The molecule has 6 nitrogen and oxygen atoms in total. The molecule has 2 aromatic rings. The van der Waals surface area contributed by atoms with E-state index in [9.17, 15) is 9.59 Å². The summed E-state index contributed by atoms with van der Waals surface area (Å²) in [5.74, 6) is -0.135. The lowest BCUT2D eigenvalue weighted by molar-refractivity contribution is -0.142. The van der Waals surface area contributed by atoms with Crippen LogP contribution >= 0.6 is 15.9 Å². The fourth-order valence-electron chi connectivity index (χ4n) is 3.53. The largest absolute Gasteiger partial charge is 0.480 e. The molecule has 1 saturated carbocycles. The van der Waals surface area contributed by atoms with Crippen LogP contribution in [0.1, 0.15) is 25.7 Å². The molecule has 1 N–H and O–H groups in total. The number of hydrogen-bond donors (Lipinski definition) is 1. The maximum Gasteiger partial charge on any atom is 0.329 e. The number of nitrogens with zero attached hydrogens (tertiary/aromatic N) is 2. The molecule has 1 aromatic heterocycles. The molecule has 0 unspecified atom stereocenters. The molecule has 0 spiro atoms. The molecule has 0 amide bonds. The van der Waals surface area contributed by atoms with Gasteiger partial charge in [0.05, 0.1) is 11.1 Å². The van der Waals surface area contributed by atoms with Crippen LogP contribution in [0.3, 0.4) is 0 Å². The second kappa shape index (κ2) is 9.28. The average Bonchev–Trinajstić information content (AvgIpc) is 2.66. The summed E-state index contributed by atoms with van der Waals surface area (Å²) in [4.78, 5) is 22.9. The van der Waals surface area contributed by atoms with Gasteiger partial charge in [-0.15, -0.1) is 0 Å². The van der Waals surface area contributed by atoms with Crippen molar-refractivity contribution in [2.75, 3.05) is 13.2 Å². The van der Waals surface area contributed by atoms with Crippen molar-refractivity contribution in [2.24, 2.45) is 11.8 Å². The van der Waals surface area contributed by atoms with Crippen molar-refractivity contribution in [3.8, 4) is 11.3 Å². The van der Waals surface area contributed by atoms with Crippen molar-refractivity contribution in [3.63, 3.8) is 0 Å². The van der Waals surface area contributed by atoms with Crippen molar-refractivity contribution >= 4 is 21.9 Å². The lowest BCUT2D eigenvalue weighted by Crippen LogP contribution is -2.29. The Balaban J connectivity index is 1.62. The van der Waals surface area contributed by atoms with Crippen LogP contribution in [0.25, 0.3) is 11.3 Å². The average molecular weight is 435 g/mol. The number of halogens is 1. The summed E-state index contributed by atoms with van der Waals surface area (Å²) in [6.45, 7) is 0.864. The summed E-state index contributed by atoms with van der Waals surface area (Å²) in [5, 5.41) is 13.2. The molecule has 1 heterocycles. The molecule has 1 aromatic carbocycles. The lowest BCUT2D eigenvalue weighted by Gasteiger charge is -2.28. The Labute approximate surface area is 166 Å². The third-order valence-electron chi connectivity index (χ3n) is 4.98. The molecule has 7 heteroatoms. The van der Waals surface area contributed by atoms with E-state index in [4.69, 9.17) is 9.84 Å². The molecule has 0 aliphatic heterocycles. The van der Waals surface area contributed by atoms with Crippen molar-refractivity contribution in [2.45, 2.75) is 32.2 Å². The molecule has 3 rings (SSSR count). The van der Waals surface area contributed by atoms with Gasteiger partial charge in [-0.1, -0.05) is 30.3 Å². The minimum absolute atomic E-state index is 0.103. The smallest absolute Gasteiger partial charge is 0.329 e. The molecular formula is C20H23BrN2O4. The zero-order valence-electron chi connectivity index (χ0n) is 15.0. The van der Waals surface area contributed by atoms with Crippen LogP contribution in [-0.4, -0.2) is 34.1 Å². The van der Waals surface area contributed by atoms with Gasteiger partial charge in [0.1, 0.15) is 12.3 Å². The second-order valence-electron chi connectivity index (χ2n) is 7.02. The normalized spacial score (nSPS) is 19.7. The van der Waals surface area contributed by atoms with Gasteiger partial charge >= 0.3 is 5.97 Å². The highest BCUT2D eigenvalue weighted by Gasteiger charge is 2.23.